The van der Waals surface area contributed by atoms with Crippen LogP contribution in [0.1, 0.15) is 5.82 Å². The molecule has 2 aromatic rings. The van der Waals surface area contributed by atoms with Gasteiger partial charge >= 0.3 is 6.18 Å². The summed E-state index contributed by atoms with van der Waals surface area (Å²) in [5, 5.41) is -0.302. The largest absolute Gasteiger partial charge is 0.451 e. The van der Waals surface area contributed by atoms with Gasteiger partial charge in [-0.1, -0.05) is 23.2 Å². The third-order valence-corrected chi connectivity index (χ3v) is 2.58. The van der Waals surface area contributed by atoms with Crippen LogP contribution in [0, 0.1) is 5.82 Å². The molecule has 1 heterocycles. The van der Waals surface area contributed by atoms with Crippen LogP contribution in [0.25, 0.3) is 11.3 Å². The highest BCUT2D eigenvalue weighted by Crippen LogP contribution is 2.31. The first-order chi connectivity index (χ1) is 8.77. The van der Waals surface area contributed by atoms with E-state index in [2.05, 4.69) is 9.97 Å². The van der Waals surface area contributed by atoms with Crippen molar-refractivity contribution in [2.24, 2.45) is 0 Å². The predicted octanol–water partition coefficient (Wildman–Crippen LogP) is 4.61. The van der Waals surface area contributed by atoms with Crippen LogP contribution in [-0.2, 0) is 6.18 Å². The van der Waals surface area contributed by atoms with Crippen molar-refractivity contribution in [1.29, 1.82) is 0 Å². The molecular formula is C11H4Cl2F4N2. The Hall–Kier alpha value is -1.40. The summed E-state index contributed by atoms with van der Waals surface area (Å²) in [4.78, 5) is 6.32. The molecule has 0 aliphatic heterocycles. The highest BCUT2D eigenvalue weighted by atomic mass is 35.5. The van der Waals surface area contributed by atoms with Gasteiger partial charge in [-0.3, -0.25) is 0 Å². The summed E-state index contributed by atoms with van der Waals surface area (Å²) in [5.74, 6) is -2.22. The van der Waals surface area contributed by atoms with E-state index in [9.17, 15) is 17.6 Å². The summed E-state index contributed by atoms with van der Waals surface area (Å²) in [6.07, 6.45) is -4.76. The maximum absolute atomic E-state index is 13.6. The van der Waals surface area contributed by atoms with Crippen molar-refractivity contribution in [3.05, 3.63) is 46.1 Å². The van der Waals surface area contributed by atoms with Gasteiger partial charge in [-0.05, 0) is 18.2 Å². The van der Waals surface area contributed by atoms with Gasteiger partial charge in [-0.25, -0.2) is 14.4 Å². The SMILES string of the molecule is Fc1cc(Cl)ccc1-c1cc(Cl)nc(C(F)(F)F)n1. The van der Waals surface area contributed by atoms with Gasteiger partial charge in [0.25, 0.3) is 0 Å². The molecule has 19 heavy (non-hydrogen) atoms. The van der Waals surface area contributed by atoms with Crippen molar-refractivity contribution in [2.45, 2.75) is 6.18 Å². The average molecular weight is 311 g/mol. The lowest BCUT2D eigenvalue weighted by Gasteiger charge is -2.08. The Morgan fingerprint density at radius 3 is 2.26 bits per heavy atom. The van der Waals surface area contributed by atoms with Crippen molar-refractivity contribution in [3.8, 4) is 11.3 Å². The zero-order valence-electron chi connectivity index (χ0n) is 8.97. The minimum absolute atomic E-state index is 0.123. The lowest BCUT2D eigenvalue weighted by Crippen LogP contribution is -2.11. The van der Waals surface area contributed by atoms with Gasteiger partial charge in [0, 0.05) is 16.7 Å². The zero-order chi connectivity index (χ0) is 14.2. The summed E-state index contributed by atoms with van der Waals surface area (Å²) < 4.78 is 51.2. The third kappa shape index (κ3) is 3.13. The van der Waals surface area contributed by atoms with Crippen LogP contribution < -0.4 is 0 Å². The van der Waals surface area contributed by atoms with Crippen molar-refractivity contribution in [1.82, 2.24) is 9.97 Å². The van der Waals surface area contributed by atoms with Gasteiger partial charge in [-0.15, -0.1) is 0 Å². The fourth-order valence-electron chi connectivity index (χ4n) is 1.38. The van der Waals surface area contributed by atoms with Gasteiger partial charge in [0.1, 0.15) is 11.0 Å². The molecule has 0 N–H and O–H groups in total. The first-order valence-corrected chi connectivity index (χ1v) is 5.60. The van der Waals surface area contributed by atoms with Crippen molar-refractivity contribution >= 4 is 23.2 Å². The fraction of sp³-hybridized carbons (Fsp3) is 0.0909. The normalized spacial score (nSPS) is 11.7. The van der Waals surface area contributed by atoms with Crippen LogP contribution in [0.2, 0.25) is 10.2 Å². The van der Waals surface area contributed by atoms with Crippen LogP contribution in [0.15, 0.2) is 24.3 Å². The van der Waals surface area contributed by atoms with E-state index in [-0.39, 0.29) is 16.3 Å². The fourth-order valence-corrected chi connectivity index (χ4v) is 1.72. The highest BCUT2D eigenvalue weighted by Gasteiger charge is 2.35. The molecule has 0 fully saturated rings. The van der Waals surface area contributed by atoms with Crippen molar-refractivity contribution in [3.63, 3.8) is 0 Å². The Bertz CT molecular complexity index is 629. The topological polar surface area (TPSA) is 25.8 Å². The molecule has 8 heteroatoms. The van der Waals surface area contributed by atoms with Crippen molar-refractivity contribution in [2.75, 3.05) is 0 Å². The number of nitrogens with zero attached hydrogens (tertiary/aromatic N) is 2. The van der Waals surface area contributed by atoms with E-state index in [1.165, 1.54) is 12.1 Å². The Kier molecular flexibility index (Phi) is 3.64. The molecule has 0 amide bonds. The standard InChI is InChI=1S/C11H4Cl2F4N2/c12-5-1-2-6(7(14)3-5)8-4-9(13)19-10(18-8)11(15,16)17/h1-4H. The predicted molar refractivity (Wildman–Crippen MR) is 62.4 cm³/mol. The second kappa shape index (κ2) is 4.94. The monoisotopic (exact) mass is 310 g/mol. The molecule has 0 aliphatic carbocycles. The minimum atomic E-state index is -4.76. The molecule has 0 saturated heterocycles. The van der Waals surface area contributed by atoms with E-state index >= 15 is 0 Å². The molecule has 2 nitrogen and oxygen atoms in total. The van der Waals surface area contributed by atoms with Crippen LogP contribution in [-0.4, -0.2) is 9.97 Å². The number of hydrogen-bond donors (Lipinski definition) is 0. The third-order valence-electron chi connectivity index (χ3n) is 2.16. The van der Waals surface area contributed by atoms with Crippen LogP contribution >= 0.6 is 23.2 Å². The lowest BCUT2D eigenvalue weighted by atomic mass is 10.1. The molecule has 0 aliphatic rings. The molecule has 1 aromatic heterocycles. The van der Waals surface area contributed by atoms with Crippen LogP contribution in [0.5, 0.6) is 0 Å². The summed E-state index contributed by atoms with van der Waals surface area (Å²) >= 11 is 11.1. The lowest BCUT2D eigenvalue weighted by molar-refractivity contribution is -0.144. The second-order valence-electron chi connectivity index (χ2n) is 3.52. The summed E-state index contributed by atoms with van der Waals surface area (Å²) in [5.41, 5.74) is -0.402. The van der Waals surface area contributed by atoms with E-state index in [4.69, 9.17) is 23.2 Å². The Morgan fingerprint density at radius 1 is 1.00 bits per heavy atom. The molecule has 100 valence electrons. The summed E-state index contributed by atoms with van der Waals surface area (Å²) in [6.45, 7) is 0. The number of halogens is 6. The Balaban J connectivity index is 2.59. The molecule has 2 rings (SSSR count). The Morgan fingerprint density at radius 2 is 1.68 bits per heavy atom. The second-order valence-corrected chi connectivity index (χ2v) is 4.35. The average Bonchev–Trinajstić information content (AvgIpc) is 2.26. The van der Waals surface area contributed by atoms with Gasteiger partial charge in [0.05, 0.1) is 5.69 Å². The molecule has 0 bridgehead atoms. The van der Waals surface area contributed by atoms with Gasteiger partial charge in [0.15, 0.2) is 0 Å². The number of hydrogen-bond acceptors (Lipinski definition) is 2. The molecule has 0 spiro atoms. The number of benzene rings is 1. The quantitative estimate of drug-likeness (QED) is 0.568. The summed E-state index contributed by atoms with van der Waals surface area (Å²) in [7, 11) is 0. The maximum Gasteiger partial charge on any atom is 0.451 e. The molecule has 0 atom stereocenters. The molecular weight excluding hydrogens is 307 g/mol. The number of aromatic nitrogens is 2. The van der Waals surface area contributed by atoms with E-state index < -0.39 is 23.0 Å². The van der Waals surface area contributed by atoms with E-state index in [1.54, 1.807) is 0 Å². The Labute approximate surface area is 115 Å². The maximum atomic E-state index is 13.6. The highest BCUT2D eigenvalue weighted by molar-refractivity contribution is 6.30. The van der Waals surface area contributed by atoms with E-state index in [0.29, 0.717) is 0 Å². The van der Waals surface area contributed by atoms with E-state index in [0.717, 1.165) is 12.1 Å². The summed E-state index contributed by atoms with van der Waals surface area (Å²) in [6, 6.07) is 4.57. The van der Waals surface area contributed by atoms with Gasteiger partial charge in [0.2, 0.25) is 5.82 Å². The molecule has 1 aromatic carbocycles. The van der Waals surface area contributed by atoms with E-state index in [1.807, 2.05) is 0 Å². The smallest absolute Gasteiger partial charge is 0.224 e. The van der Waals surface area contributed by atoms with Gasteiger partial charge in [-0.2, -0.15) is 13.2 Å². The molecule has 0 saturated carbocycles. The molecule has 0 unspecified atom stereocenters. The molecule has 0 radical (unpaired) electrons. The first kappa shape index (κ1) is 14.0. The van der Waals surface area contributed by atoms with Crippen molar-refractivity contribution < 1.29 is 17.6 Å². The minimum Gasteiger partial charge on any atom is -0.224 e. The number of rotatable bonds is 1. The van der Waals surface area contributed by atoms with Crippen LogP contribution in [0.3, 0.4) is 0 Å². The van der Waals surface area contributed by atoms with Gasteiger partial charge < -0.3 is 0 Å². The first-order valence-electron chi connectivity index (χ1n) is 4.84. The number of alkyl halides is 3. The zero-order valence-corrected chi connectivity index (χ0v) is 10.5. The van der Waals surface area contributed by atoms with Crippen LogP contribution in [0.4, 0.5) is 17.6 Å².